The first-order valence-electron chi connectivity index (χ1n) is 7.15. The van der Waals surface area contributed by atoms with Crippen molar-refractivity contribution in [2.24, 2.45) is 0 Å². The second-order valence-corrected chi connectivity index (χ2v) is 5.51. The maximum atomic E-state index is 10.2. The van der Waals surface area contributed by atoms with Crippen molar-refractivity contribution in [1.29, 1.82) is 0 Å². The molecule has 0 spiro atoms. The van der Waals surface area contributed by atoms with Crippen molar-refractivity contribution < 1.29 is 5.11 Å². The molecule has 0 heterocycles. The third-order valence-corrected chi connectivity index (χ3v) is 3.71. The van der Waals surface area contributed by atoms with Gasteiger partial charge < -0.3 is 10.4 Å². The van der Waals surface area contributed by atoms with Crippen molar-refractivity contribution >= 4 is 16.5 Å². The van der Waals surface area contributed by atoms with Crippen molar-refractivity contribution in [2.75, 3.05) is 5.32 Å². The molecule has 0 amide bonds. The Bertz CT molecular complexity index is 772. The average Bonchev–Trinajstić information content (AvgIpc) is 2.45. The standard InChI is InChI=1S/C19H19NO/c1-13-9-14(2)11-16(10-13)20-12-18-17-6-4-3-5-15(17)7-8-19(18)21/h3-11,20-21H,12H2,1-2H3. The van der Waals surface area contributed by atoms with Crippen LogP contribution in [0.4, 0.5) is 5.69 Å². The van der Waals surface area contributed by atoms with E-state index in [2.05, 4.69) is 43.4 Å². The number of aryl methyl sites for hydroxylation is 2. The first-order valence-corrected chi connectivity index (χ1v) is 7.15. The van der Waals surface area contributed by atoms with E-state index in [1.807, 2.05) is 24.3 Å². The number of benzene rings is 3. The quantitative estimate of drug-likeness (QED) is 0.722. The highest BCUT2D eigenvalue weighted by atomic mass is 16.3. The van der Waals surface area contributed by atoms with Crippen molar-refractivity contribution in [3.63, 3.8) is 0 Å². The highest BCUT2D eigenvalue weighted by Gasteiger charge is 2.06. The van der Waals surface area contributed by atoms with Gasteiger partial charge in [-0.15, -0.1) is 0 Å². The lowest BCUT2D eigenvalue weighted by molar-refractivity contribution is 0.470. The molecule has 0 aliphatic carbocycles. The molecular weight excluding hydrogens is 258 g/mol. The number of fused-ring (bicyclic) bond motifs is 1. The predicted octanol–water partition coefficient (Wildman–Crippen LogP) is 4.77. The van der Waals surface area contributed by atoms with Crippen LogP contribution in [0.15, 0.2) is 54.6 Å². The highest BCUT2D eigenvalue weighted by Crippen LogP contribution is 2.28. The second kappa shape index (κ2) is 5.49. The molecule has 0 saturated heterocycles. The van der Waals surface area contributed by atoms with E-state index in [0.29, 0.717) is 12.3 Å². The lowest BCUT2D eigenvalue weighted by atomic mass is 10.0. The number of anilines is 1. The molecule has 0 aliphatic heterocycles. The zero-order valence-corrected chi connectivity index (χ0v) is 12.4. The molecule has 0 aromatic heterocycles. The van der Waals surface area contributed by atoms with Gasteiger partial charge in [0, 0.05) is 17.8 Å². The molecule has 21 heavy (non-hydrogen) atoms. The van der Waals surface area contributed by atoms with Gasteiger partial charge in [0.25, 0.3) is 0 Å². The molecule has 0 saturated carbocycles. The fourth-order valence-corrected chi connectivity index (χ4v) is 2.78. The minimum Gasteiger partial charge on any atom is -0.508 e. The predicted molar refractivity (Wildman–Crippen MR) is 88.9 cm³/mol. The molecule has 106 valence electrons. The summed E-state index contributed by atoms with van der Waals surface area (Å²) >= 11 is 0. The van der Waals surface area contributed by atoms with E-state index in [1.165, 1.54) is 11.1 Å². The number of phenolic OH excluding ortho intramolecular Hbond substituents is 1. The van der Waals surface area contributed by atoms with E-state index >= 15 is 0 Å². The van der Waals surface area contributed by atoms with Gasteiger partial charge in [-0.05, 0) is 53.9 Å². The zero-order chi connectivity index (χ0) is 14.8. The SMILES string of the molecule is Cc1cc(C)cc(NCc2c(O)ccc3ccccc23)c1. The number of hydrogen-bond acceptors (Lipinski definition) is 2. The summed E-state index contributed by atoms with van der Waals surface area (Å²) in [5.74, 6) is 0.338. The van der Waals surface area contributed by atoms with Crippen LogP contribution in [0.5, 0.6) is 5.75 Å². The molecule has 0 radical (unpaired) electrons. The van der Waals surface area contributed by atoms with Gasteiger partial charge in [0.2, 0.25) is 0 Å². The van der Waals surface area contributed by atoms with E-state index < -0.39 is 0 Å². The van der Waals surface area contributed by atoms with E-state index in [9.17, 15) is 5.11 Å². The van der Waals surface area contributed by atoms with Gasteiger partial charge in [-0.2, -0.15) is 0 Å². The maximum absolute atomic E-state index is 10.2. The molecule has 0 atom stereocenters. The molecular formula is C19H19NO. The maximum Gasteiger partial charge on any atom is 0.121 e. The minimum absolute atomic E-state index is 0.338. The summed E-state index contributed by atoms with van der Waals surface area (Å²) in [4.78, 5) is 0. The zero-order valence-electron chi connectivity index (χ0n) is 12.4. The summed E-state index contributed by atoms with van der Waals surface area (Å²) in [7, 11) is 0. The molecule has 0 fully saturated rings. The van der Waals surface area contributed by atoms with Crippen LogP contribution < -0.4 is 5.32 Å². The van der Waals surface area contributed by atoms with Crippen molar-refractivity contribution in [2.45, 2.75) is 20.4 Å². The Labute approximate surface area is 125 Å². The van der Waals surface area contributed by atoms with Gasteiger partial charge in [0.05, 0.1) is 0 Å². The molecule has 3 aromatic rings. The molecule has 3 aromatic carbocycles. The number of aromatic hydroxyl groups is 1. The van der Waals surface area contributed by atoms with E-state index in [0.717, 1.165) is 22.0 Å². The molecule has 2 N–H and O–H groups in total. The Morgan fingerprint density at radius 2 is 1.62 bits per heavy atom. The fraction of sp³-hybridized carbons (Fsp3) is 0.158. The Morgan fingerprint density at radius 3 is 2.38 bits per heavy atom. The van der Waals surface area contributed by atoms with Crippen LogP contribution in [0, 0.1) is 13.8 Å². The van der Waals surface area contributed by atoms with E-state index in [-0.39, 0.29) is 0 Å². The van der Waals surface area contributed by atoms with Crippen molar-refractivity contribution in [3.8, 4) is 5.75 Å². The summed E-state index contributed by atoms with van der Waals surface area (Å²) in [5.41, 5.74) is 4.49. The molecule has 0 unspecified atom stereocenters. The average molecular weight is 277 g/mol. The summed E-state index contributed by atoms with van der Waals surface area (Å²) in [6.45, 7) is 4.79. The van der Waals surface area contributed by atoms with Crippen LogP contribution in [0.2, 0.25) is 0 Å². The van der Waals surface area contributed by atoms with Crippen LogP contribution in [0.25, 0.3) is 10.8 Å². The topological polar surface area (TPSA) is 32.3 Å². The lowest BCUT2D eigenvalue weighted by Crippen LogP contribution is -2.01. The van der Waals surface area contributed by atoms with Gasteiger partial charge in [-0.1, -0.05) is 36.4 Å². The van der Waals surface area contributed by atoms with Gasteiger partial charge in [-0.3, -0.25) is 0 Å². The molecule has 0 bridgehead atoms. The summed E-state index contributed by atoms with van der Waals surface area (Å²) < 4.78 is 0. The van der Waals surface area contributed by atoms with Gasteiger partial charge >= 0.3 is 0 Å². The summed E-state index contributed by atoms with van der Waals surface area (Å²) in [6, 6.07) is 18.2. The van der Waals surface area contributed by atoms with E-state index in [4.69, 9.17) is 0 Å². The second-order valence-electron chi connectivity index (χ2n) is 5.51. The smallest absolute Gasteiger partial charge is 0.121 e. The number of phenols is 1. The molecule has 2 nitrogen and oxygen atoms in total. The Balaban J connectivity index is 1.93. The largest absolute Gasteiger partial charge is 0.508 e. The summed E-state index contributed by atoms with van der Waals surface area (Å²) in [5, 5.41) is 15.8. The van der Waals surface area contributed by atoms with Gasteiger partial charge in [0.15, 0.2) is 0 Å². The fourth-order valence-electron chi connectivity index (χ4n) is 2.78. The molecule has 2 heteroatoms. The lowest BCUT2D eigenvalue weighted by Gasteiger charge is -2.12. The summed E-state index contributed by atoms with van der Waals surface area (Å²) in [6.07, 6.45) is 0. The van der Waals surface area contributed by atoms with Gasteiger partial charge in [0.1, 0.15) is 5.75 Å². The van der Waals surface area contributed by atoms with Crippen LogP contribution in [-0.2, 0) is 6.54 Å². The first kappa shape index (κ1) is 13.5. The number of nitrogens with one attached hydrogen (secondary N) is 1. The first-order chi connectivity index (χ1) is 10.1. The highest BCUT2D eigenvalue weighted by molar-refractivity contribution is 5.87. The van der Waals surface area contributed by atoms with Crippen LogP contribution >= 0.6 is 0 Å². The number of rotatable bonds is 3. The normalized spacial score (nSPS) is 10.8. The number of hydrogen-bond donors (Lipinski definition) is 2. The third kappa shape index (κ3) is 2.84. The van der Waals surface area contributed by atoms with Crippen LogP contribution in [0.1, 0.15) is 16.7 Å². The third-order valence-electron chi connectivity index (χ3n) is 3.71. The Morgan fingerprint density at radius 1 is 0.905 bits per heavy atom. The molecule has 3 rings (SSSR count). The minimum atomic E-state index is 0.338. The Kier molecular flexibility index (Phi) is 3.53. The van der Waals surface area contributed by atoms with Crippen molar-refractivity contribution in [3.05, 3.63) is 71.3 Å². The monoisotopic (exact) mass is 277 g/mol. The van der Waals surface area contributed by atoms with E-state index in [1.54, 1.807) is 6.07 Å². The van der Waals surface area contributed by atoms with Crippen LogP contribution in [-0.4, -0.2) is 5.11 Å². The van der Waals surface area contributed by atoms with Crippen molar-refractivity contribution in [1.82, 2.24) is 0 Å². The Hall–Kier alpha value is -2.48. The molecule has 0 aliphatic rings. The van der Waals surface area contributed by atoms with Crippen LogP contribution in [0.3, 0.4) is 0 Å². The van der Waals surface area contributed by atoms with Gasteiger partial charge in [-0.25, -0.2) is 0 Å².